The zero-order valence-corrected chi connectivity index (χ0v) is 31.1. The maximum Gasteiger partial charge on any atom is 2.00 e. The SMILES string of the molecule is CC1=C(CCC(=O)O)c2cc3[n-]c(cc4nc(cc5[n-]c(cc1n2)c(C(C)S)c5C)C(C(C)S)=C4C)c(C)c3CCC(=O)O.[Zn+2]. The van der Waals surface area contributed by atoms with Crippen molar-refractivity contribution in [3.05, 3.63) is 69.3 Å². The number of carboxylic acid groups (broad SMARTS) is 2. The number of aryl methyl sites for hydroxylation is 3. The minimum absolute atomic E-state index is 0. The van der Waals surface area contributed by atoms with E-state index in [1.165, 1.54) is 0 Å². The van der Waals surface area contributed by atoms with Gasteiger partial charge in [0.15, 0.2) is 0 Å². The van der Waals surface area contributed by atoms with Gasteiger partial charge in [-0.3, -0.25) is 9.59 Å². The Hall–Kier alpha value is -3.14. The predicted octanol–water partition coefficient (Wildman–Crippen LogP) is 7.24. The summed E-state index contributed by atoms with van der Waals surface area (Å²) in [4.78, 5) is 43.1. The van der Waals surface area contributed by atoms with Crippen molar-refractivity contribution in [2.24, 2.45) is 0 Å². The summed E-state index contributed by atoms with van der Waals surface area (Å²) < 4.78 is 0. The third kappa shape index (κ3) is 6.86. The van der Waals surface area contributed by atoms with Crippen LogP contribution >= 0.6 is 25.3 Å². The number of carbonyl (C=O) groups is 2. The average molecular weight is 694 g/mol. The van der Waals surface area contributed by atoms with E-state index in [0.717, 1.165) is 67.0 Å². The molecule has 5 heterocycles. The monoisotopic (exact) mass is 692 g/mol. The average Bonchev–Trinajstić information content (AvgIpc) is 3.59. The van der Waals surface area contributed by atoms with Gasteiger partial charge in [-0.05, 0) is 82.2 Å². The molecule has 2 aliphatic rings. The van der Waals surface area contributed by atoms with E-state index in [-0.39, 0.29) is 42.8 Å². The summed E-state index contributed by atoms with van der Waals surface area (Å²) in [6, 6.07) is 7.75. The van der Waals surface area contributed by atoms with Crippen LogP contribution in [0.4, 0.5) is 0 Å². The number of allylic oxidation sites excluding steroid dienone is 3. The van der Waals surface area contributed by atoms with Gasteiger partial charge in [0.2, 0.25) is 0 Å². The molecule has 8 bridgehead atoms. The fraction of sp³-hybridized carbons (Fsp3) is 0.353. The second-order valence-corrected chi connectivity index (χ2v) is 13.1. The molecular weight excluding hydrogens is 658 g/mol. The van der Waals surface area contributed by atoms with Gasteiger partial charge in [-0.25, -0.2) is 9.97 Å². The molecule has 0 aliphatic carbocycles. The van der Waals surface area contributed by atoms with E-state index in [0.29, 0.717) is 35.3 Å². The number of aliphatic carboxylic acids is 2. The molecular formula is C34H36N4O4S2Zn. The summed E-state index contributed by atoms with van der Waals surface area (Å²) in [6.45, 7) is 12.0. The third-order valence-electron chi connectivity index (χ3n) is 8.49. The summed E-state index contributed by atoms with van der Waals surface area (Å²) >= 11 is 9.58. The van der Waals surface area contributed by atoms with Gasteiger partial charge < -0.3 is 20.2 Å². The number of hydrogen-bond donors (Lipinski definition) is 4. The largest absolute Gasteiger partial charge is 2.00 e. The topological polar surface area (TPSA) is 129 Å². The van der Waals surface area contributed by atoms with E-state index in [1.807, 2.05) is 65.8 Å². The first-order valence-corrected chi connectivity index (χ1v) is 15.6. The van der Waals surface area contributed by atoms with E-state index >= 15 is 0 Å². The molecule has 0 saturated carbocycles. The number of carboxylic acids is 2. The van der Waals surface area contributed by atoms with Crippen LogP contribution < -0.4 is 9.97 Å². The van der Waals surface area contributed by atoms with Crippen molar-refractivity contribution in [1.82, 2.24) is 19.9 Å². The van der Waals surface area contributed by atoms with Crippen molar-refractivity contribution in [3.63, 3.8) is 0 Å². The molecule has 0 amide bonds. The summed E-state index contributed by atoms with van der Waals surface area (Å²) in [6.07, 6.45) is 0.495. The van der Waals surface area contributed by atoms with Gasteiger partial charge in [0, 0.05) is 23.3 Å². The molecule has 5 rings (SSSR count). The van der Waals surface area contributed by atoms with Crippen LogP contribution in [0.1, 0.15) is 97.2 Å². The van der Waals surface area contributed by atoms with Crippen LogP contribution in [0, 0.1) is 13.8 Å². The number of hydrogen-bond acceptors (Lipinski definition) is 6. The Balaban J connectivity index is 0.00000461. The van der Waals surface area contributed by atoms with Crippen molar-refractivity contribution in [2.75, 3.05) is 0 Å². The molecule has 45 heavy (non-hydrogen) atoms. The Morgan fingerprint density at radius 2 is 1.22 bits per heavy atom. The Bertz CT molecular complexity index is 1940. The van der Waals surface area contributed by atoms with Crippen molar-refractivity contribution in [3.8, 4) is 0 Å². The van der Waals surface area contributed by atoms with E-state index in [1.54, 1.807) is 0 Å². The molecule has 2 N–H and O–H groups in total. The first-order chi connectivity index (χ1) is 20.8. The second kappa shape index (κ2) is 13.7. The molecule has 230 valence electrons. The molecule has 0 radical (unpaired) electrons. The van der Waals surface area contributed by atoms with E-state index in [2.05, 4.69) is 0 Å². The standard InChI is InChI=1S/C34H38N4O4S2.Zn/c1-15-21(7-9-31(39)40)27-14-28-22(8-10-32(41)42)16(2)24(36-28)12-29-34(20(6)44)18(4)26(38-29)13-30-33(19(5)43)17(3)25(37-30)11-23(15)35-27;/h11-14,19-20H,7-10H2,1-6H3,(H6,35,36,37,38,39,40,41,42,43,44);/q;+2/p-2. The number of rotatable bonds is 8. The van der Waals surface area contributed by atoms with Crippen molar-refractivity contribution in [1.29, 1.82) is 0 Å². The number of thiol groups is 2. The van der Waals surface area contributed by atoms with Crippen LogP contribution in [-0.2, 0) is 35.5 Å². The van der Waals surface area contributed by atoms with Gasteiger partial charge in [0.25, 0.3) is 0 Å². The third-order valence-corrected chi connectivity index (χ3v) is 9.01. The zero-order chi connectivity index (χ0) is 32.0. The quantitative estimate of drug-likeness (QED) is 0.144. The molecule has 3 aromatic heterocycles. The minimum atomic E-state index is -0.895. The normalized spacial score (nSPS) is 14.4. The molecule has 0 fully saturated rings. The van der Waals surface area contributed by atoms with Crippen LogP contribution in [0.15, 0.2) is 24.3 Å². The molecule has 11 heteroatoms. The Kier molecular flexibility index (Phi) is 10.6. The summed E-state index contributed by atoms with van der Waals surface area (Å²) in [5.74, 6) is -1.79. The molecule has 0 saturated heterocycles. The van der Waals surface area contributed by atoms with Crippen molar-refractivity contribution in [2.45, 2.75) is 77.7 Å². The van der Waals surface area contributed by atoms with Crippen LogP contribution in [-0.4, -0.2) is 37.4 Å². The first kappa shape index (κ1) is 34.7. The summed E-state index contributed by atoms with van der Waals surface area (Å²) in [7, 11) is 0. The predicted molar refractivity (Wildman–Crippen MR) is 182 cm³/mol. The Morgan fingerprint density at radius 1 is 0.711 bits per heavy atom. The molecule has 2 atom stereocenters. The number of aromatic nitrogens is 4. The molecule has 0 aromatic carbocycles. The van der Waals surface area contributed by atoms with Gasteiger partial charge >= 0.3 is 31.4 Å². The number of fused-ring (bicyclic) bond motifs is 8. The van der Waals surface area contributed by atoms with Crippen LogP contribution in [0.2, 0.25) is 0 Å². The molecule has 3 aromatic rings. The Labute approximate surface area is 286 Å². The van der Waals surface area contributed by atoms with E-state index in [9.17, 15) is 19.8 Å². The molecule has 2 unspecified atom stereocenters. The van der Waals surface area contributed by atoms with Crippen LogP contribution in [0.3, 0.4) is 0 Å². The van der Waals surface area contributed by atoms with Gasteiger partial charge in [-0.1, -0.05) is 41.0 Å². The van der Waals surface area contributed by atoms with Crippen molar-refractivity contribution >= 4 is 81.6 Å². The van der Waals surface area contributed by atoms with E-state index in [4.69, 9.17) is 45.2 Å². The van der Waals surface area contributed by atoms with Gasteiger partial charge in [-0.2, -0.15) is 25.3 Å². The van der Waals surface area contributed by atoms with Crippen LogP contribution in [0.25, 0.3) is 44.4 Å². The molecule has 8 nitrogen and oxygen atoms in total. The van der Waals surface area contributed by atoms with Gasteiger partial charge in [0.05, 0.1) is 22.8 Å². The maximum atomic E-state index is 11.6. The van der Waals surface area contributed by atoms with E-state index < -0.39 is 11.9 Å². The number of nitrogens with zero attached hydrogens (tertiary/aromatic N) is 4. The summed E-state index contributed by atoms with van der Waals surface area (Å²) in [5.41, 5.74) is 13.1. The molecule has 2 aliphatic heterocycles. The van der Waals surface area contributed by atoms with Crippen LogP contribution in [0.5, 0.6) is 0 Å². The smallest absolute Gasteiger partial charge is 0.657 e. The Morgan fingerprint density at radius 3 is 1.84 bits per heavy atom. The second-order valence-electron chi connectivity index (χ2n) is 11.5. The maximum absolute atomic E-state index is 11.6. The first-order valence-electron chi connectivity index (χ1n) is 14.6. The van der Waals surface area contributed by atoms with Gasteiger partial charge in [-0.15, -0.1) is 22.1 Å². The zero-order valence-electron chi connectivity index (χ0n) is 26.4. The fourth-order valence-electron chi connectivity index (χ4n) is 6.15. The van der Waals surface area contributed by atoms with Gasteiger partial charge in [0.1, 0.15) is 0 Å². The summed E-state index contributed by atoms with van der Waals surface area (Å²) in [5, 5.41) is 18.8. The minimum Gasteiger partial charge on any atom is -0.657 e. The van der Waals surface area contributed by atoms with Crippen molar-refractivity contribution < 1.29 is 39.3 Å². The molecule has 0 spiro atoms. The fourth-order valence-corrected chi connectivity index (χ4v) is 6.80.